The van der Waals surface area contributed by atoms with Crippen LogP contribution in [0.3, 0.4) is 0 Å². The molecule has 0 saturated carbocycles. The van der Waals surface area contributed by atoms with Gasteiger partial charge >= 0.3 is 0 Å². The van der Waals surface area contributed by atoms with Crippen LogP contribution in [0.2, 0.25) is 0 Å². The molecule has 3 aromatic rings. The fraction of sp³-hybridized carbons (Fsp3) is 0.261. The standard InChI is InChI=1S/C22H21N5O2.CH2O2/c1-13-18(25-14(2)24-13)20(28)27-11-9-22(19(27)15-6-5-10-23-12-15)16-7-3-4-8-17(16)26-21(22)29;2-1-3/h3-8,10,12,19H,9,11H2,1-2H3,(H,24,25)(H,26,29);1H,(H,2,3). The van der Waals surface area contributed by atoms with Crippen LogP contribution in [0.25, 0.3) is 0 Å². The molecule has 2 amide bonds. The number of nitrogens with zero attached hydrogens (tertiary/aromatic N) is 3. The number of hydrogen-bond acceptors (Lipinski definition) is 5. The summed E-state index contributed by atoms with van der Waals surface area (Å²) in [4.78, 5) is 48.7. The molecule has 2 aliphatic heterocycles. The number of aromatic amines is 1. The van der Waals surface area contributed by atoms with Gasteiger partial charge in [-0.15, -0.1) is 0 Å². The number of amides is 2. The molecule has 9 nitrogen and oxygen atoms in total. The maximum atomic E-state index is 13.5. The molecule has 1 aromatic carbocycles. The van der Waals surface area contributed by atoms with Gasteiger partial charge < -0.3 is 20.3 Å². The molecule has 5 rings (SSSR count). The monoisotopic (exact) mass is 433 g/mol. The van der Waals surface area contributed by atoms with Crippen molar-refractivity contribution in [3.05, 3.63) is 77.1 Å². The highest BCUT2D eigenvalue weighted by Gasteiger charge is 2.59. The van der Waals surface area contributed by atoms with E-state index in [9.17, 15) is 9.59 Å². The summed E-state index contributed by atoms with van der Waals surface area (Å²) in [5, 5.41) is 9.91. The highest BCUT2D eigenvalue weighted by molar-refractivity contribution is 6.08. The summed E-state index contributed by atoms with van der Waals surface area (Å²) < 4.78 is 0. The van der Waals surface area contributed by atoms with E-state index in [0.29, 0.717) is 24.5 Å². The van der Waals surface area contributed by atoms with E-state index in [1.807, 2.05) is 50.2 Å². The molecule has 164 valence electrons. The van der Waals surface area contributed by atoms with Gasteiger partial charge in [0, 0.05) is 30.3 Å². The molecule has 3 N–H and O–H groups in total. The Kier molecular flexibility index (Phi) is 5.48. The second kappa shape index (κ2) is 8.26. The van der Waals surface area contributed by atoms with Crippen molar-refractivity contribution in [2.24, 2.45) is 0 Å². The van der Waals surface area contributed by atoms with Crippen LogP contribution in [0.15, 0.2) is 48.8 Å². The Labute approximate surface area is 184 Å². The number of benzene rings is 1. The Morgan fingerprint density at radius 3 is 2.66 bits per heavy atom. The Bertz CT molecular complexity index is 1180. The van der Waals surface area contributed by atoms with Crippen LogP contribution >= 0.6 is 0 Å². The van der Waals surface area contributed by atoms with E-state index in [1.54, 1.807) is 17.3 Å². The predicted octanol–water partition coefficient (Wildman–Crippen LogP) is 2.60. The smallest absolute Gasteiger partial charge is 0.290 e. The highest BCUT2D eigenvalue weighted by atomic mass is 16.3. The van der Waals surface area contributed by atoms with Crippen molar-refractivity contribution < 1.29 is 19.5 Å². The summed E-state index contributed by atoms with van der Waals surface area (Å²) >= 11 is 0. The lowest BCUT2D eigenvalue weighted by Gasteiger charge is -2.34. The van der Waals surface area contributed by atoms with Crippen molar-refractivity contribution in [3.63, 3.8) is 0 Å². The molecule has 1 saturated heterocycles. The number of imidazole rings is 1. The summed E-state index contributed by atoms with van der Waals surface area (Å²) in [7, 11) is 0. The van der Waals surface area contributed by atoms with Crippen molar-refractivity contribution in [2.75, 3.05) is 11.9 Å². The van der Waals surface area contributed by atoms with Gasteiger partial charge in [-0.1, -0.05) is 24.3 Å². The second-order valence-electron chi connectivity index (χ2n) is 7.81. The van der Waals surface area contributed by atoms with Gasteiger partial charge in [0.25, 0.3) is 12.4 Å². The third kappa shape index (κ3) is 3.22. The maximum absolute atomic E-state index is 13.5. The van der Waals surface area contributed by atoms with Gasteiger partial charge in [0.15, 0.2) is 0 Å². The minimum absolute atomic E-state index is 0.0715. The first-order valence-corrected chi connectivity index (χ1v) is 10.2. The van der Waals surface area contributed by atoms with Crippen molar-refractivity contribution in [2.45, 2.75) is 31.7 Å². The van der Waals surface area contributed by atoms with Crippen molar-refractivity contribution in [3.8, 4) is 0 Å². The molecule has 2 atom stereocenters. The number of likely N-dealkylation sites (tertiary alicyclic amines) is 1. The third-order valence-corrected chi connectivity index (χ3v) is 6.05. The van der Waals surface area contributed by atoms with Gasteiger partial charge in [-0.2, -0.15) is 0 Å². The molecule has 32 heavy (non-hydrogen) atoms. The zero-order valence-electron chi connectivity index (χ0n) is 17.7. The second-order valence-corrected chi connectivity index (χ2v) is 7.81. The van der Waals surface area contributed by atoms with Crippen LogP contribution < -0.4 is 5.32 Å². The number of H-pyrrole nitrogens is 1. The number of rotatable bonds is 2. The molecule has 4 heterocycles. The number of pyridine rings is 1. The molecule has 2 unspecified atom stereocenters. The fourth-order valence-electron chi connectivity index (χ4n) is 4.86. The zero-order valence-corrected chi connectivity index (χ0v) is 17.7. The Balaban J connectivity index is 0.000000775. The molecular weight excluding hydrogens is 410 g/mol. The molecule has 2 aliphatic rings. The van der Waals surface area contributed by atoms with Gasteiger partial charge in [0.05, 0.1) is 6.04 Å². The number of carbonyl (C=O) groups excluding carboxylic acids is 2. The SMILES string of the molecule is Cc1nc(C(=O)N2CCC3(C(=O)Nc4ccccc43)C2c2cccnc2)c(C)[nH]1.O=CO. The van der Waals surface area contributed by atoms with E-state index in [4.69, 9.17) is 9.90 Å². The number of aryl methyl sites for hydroxylation is 2. The Morgan fingerprint density at radius 2 is 2.00 bits per heavy atom. The minimum Gasteiger partial charge on any atom is -0.483 e. The lowest BCUT2D eigenvalue weighted by atomic mass is 9.73. The third-order valence-electron chi connectivity index (χ3n) is 6.05. The van der Waals surface area contributed by atoms with Gasteiger partial charge in [-0.3, -0.25) is 19.4 Å². The molecule has 0 bridgehead atoms. The zero-order chi connectivity index (χ0) is 22.9. The number of anilines is 1. The van der Waals surface area contributed by atoms with Gasteiger partial charge in [-0.25, -0.2) is 4.98 Å². The number of carbonyl (C=O) groups is 3. The van der Waals surface area contributed by atoms with Crippen LogP contribution in [0, 0.1) is 13.8 Å². The average Bonchev–Trinajstić information content (AvgIpc) is 3.43. The lowest BCUT2D eigenvalue weighted by Crippen LogP contribution is -2.42. The molecule has 1 spiro atoms. The van der Waals surface area contributed by atoms with Gasteiger partial charge in [0.1, 0.15) is 16.9 Å². The van der Waals surface area contributed by atoms with E-state index in [2.05, 4.69) is 20.3 Å². The van der Waals surface area contributed by atoms with E-state index in [1.165, 1.54) is 0 Å². The number of hydrogen-bond donors (Lipinski definition) is 3. The van der Waals surface area contributed by atoms with Crippen molar-refractivity contribution in [1.82, 2.24) is 19.9 Å². The van der Waals surface area contributed by atoms with Crippen LogP contribution in [0.4, 0.5) is 5.69 Å². The van der Waals surface area contributed by atoms with Crippen molar-refractivity contribution >= 4 is 24.0 Å². The quantitative estimate of drug-likeness (QED) is 0.533. The summed E-state index contributed by atoms with van der Waals surface area (Å²) in [5.41, 5.74) is 2.88. The van der Waals surface area contributed by atoms with E-state index in [-0.39, 0.29) is 18.3 Å². The first-order chi connectivity index (χ1) is 15.4. The Hall–Kier alpha value is -4.01. The van der Waals surface area contributed by atoms with Crippen LogP contribution in [-0.4, -0.2) is 49.8 Å². The normalized spacial score (nSPS) is 21.0. The Morgan fingerprint density at radius 1 is 1.25 bits per heavy atom. The summed E-state index contributed by atoms with van der Waals surface area (Å²) in [6.45, 7) is 3.88. The summed E-state index contributed by atoms with van der Waals surface area (Å²) in [6.07, 6.45) is 3.99. The van der Waals surface area contributed by atoms with E-state index in [0.717, 1.165) is 22.5 Å². The number of carboxylic acid groups (broad SMARTS) is 1. The number of para-hydroxylation sites is 1. The molecule has 0 aliphatic carbocycles. The summed E-state index contributed by atoms with van der Waals surface area (Å²) in [6, 6.07) is 11.1. The average molecular weight is 433 g/mol. The fourth-order valence-corrected chi connectivity index (χ4v) is 4.86. The topological polar surface area (TPSA) is 128 Å². The maximum Gasteiger partial charge on any atom is 0.290 e. The first kappa shape index (κ1) is 21.2. The largest absolute Gasteiger partial charge is 0.483 e. The van der Waals surface area contributed by atoms with Crippen LogP contribution in [-0.2, 0) is 15.0 Å². The molecule has 0 radical (unpaired) electrons. The van der Waals surface area contributed by atoms with Crippen molar-refractivity contribution in [1.29, 1.82) is 0 Å². The number of nitrogens with one attached hydrogen (secondary N) is 2. The van der Waals surface area contributed by atoms with E-state index < -0.39 is 11.5 Å². The summed E-state index contributed by atoms with van der Waals surface area (Å²) in [5.74, 6) is 0.453. The number of aromatic nitrogens is 3. The molecule has 9 heteroatoms. The van der Waals surface area contributed by atoms with Crippen LogP contribution in [0.1, 0.15) is 45.6 Å². The van der Waals surface area contributed by atoms with E-state index >= 15 is 0 Å². The highest BCUT2D eigenvalue weighted by Crippen LogP contribution is 2.54. The van der Waals surface area contributed by atoms with Gasteiger partial charge in [-0.05, 0) is 43.5 Å². The first-order valence-electron chi connectivity index (χ1n) is 10.2. The molecule has 1 fully saturated rings. The van der Waals surface area contributed by atoms with Crippen LogP contribution in [0.5, 0.6) is 0 Å². The lowest BCUT2D eigenvalue weighted by molar-refractivity contribution is -0.123. The molecular formula is C23H23N5O4. The number of fused-ring (bicyclic) bond motifs is 2. The minimum atomic E-state index is -0.839. The van der Waals surface area contributed by atoms with Gasteiger partial charge in [0.2, 0.25) is 5.91 Å². The predicted molar refractivity (Wildman–Crippen MR) is 116 cm³/mol. The molecule has 2 aromatic heterocycles.